The van der Waals surface area contributed by atoms with Crippen molar-refractivity contribution in [1.29, 1.82) is 0 Å². The van der Waals surface area contributed by atoms with Crippen molar-refractivity contribution < 1.29 is 14.3 Å². The average Bonchev–Trinajstić information content (AvgIpc) is 2.75. The highest BCUT2D eigenvalue weighted by Crippen LogP contribution is 2.39. The Morgan fingerprint density at radius 3 is 2.58 bits per heavy atom. The maximum absolute atomic E-state index is 12.2. The maximum atomic E-state index is 12.2. The van der Waals surface area contributed by atoms with Crippen LogP contribution in [0.25, 0.3) is 0 Å². The SMILES string of the molecule is CCOC(=O)C1(Cc2ccc(Cl)cc2)CCCC1=O. The smallest absolute Gasteiger partial charge is 0.319 e. The summed E-state index contributed by atoms with van der Waals surface area (Å²) in [5.74, 6) is -0.381. The van der Waals surface area contributed by atoms with E-state index in [0.717, 1.165) is 12.0 Å². The summed E-state index contributed by atoms with van der Waals surface area (Å²) in [5, 5.41) is 0.645. The van der Waals surface area contributed by atoms with Crippen LogP contribution in [0.5, 0.6) is 0 Å². The number of carbonyl (C=O) groups excluding carboxylic acids is 2. The number of carbonyl (C=O) groups is 2. The quantitative estimate of drug-likeness (QED) is 0.628. The van der Waals surface area contributed by atoms with Gasteiger partial charge in [-0.05, 0) is 43.9 Å². The lowest BCUT2D eigenvalue weighted by atomic mass is 9.79. The van der Waals surface area contributed by atoms with Gasteiger partial charge in [0.1, 0.15) is 5.41 Å². The van der Waals surface area contributed by atoms with Gasteiger partial charge < -0.3 is 4.74 Å². The fourth-order valence-electron chi connectivity index (χ4n) is 2.62. The molecule has 1 unspecified atom stereocenters. The second-order valence-electron chi connectivity index (χ2n) is 4.88. The van der Waals surface area contributed by atoms with Gasteiger partial charge in [-0.1, -0.05) is 23.7 Å². The van der Waals surface area contributed by atoms with E-state index in [0.29, 0.717) is 30.9 Å². The topological polar surface area (TPSA) is 43.4 Å². The van der Waals surface area contributed by atoms with Gasteiger partial charge in [0, 0.05) is 11.4 Å². The Bertz CT molecular complexity index is 481. The standard InChI is InChI=1S/C15H17ClO3/c1-2-19-14(18)15(9-3-4-13(15)17)10-11-5-7-12(16)8-6-11/h5-8H,2-4,9-10H2,1H3. The molecular weight excluding hydrogens is 264 g/mol. The molecule has 0 saturated heterocycles. The van der Waals surface area contributed by atoms with Crippen LogP contribution < -0.4 is 0 Å². The highest BCUT2D eigenvalue weighted by Gasteiger charge is 2.49. The van der Waals surface area contributed by atoms with Crippen molar-refractivity contribution in [2.45, 2.75) is 32.6 Å². The van der Waals surface area contributed by atoms with E-state index >= 15 is 0 Å². The van der Waals surface area contributed by atoms with Gasteiger partial charge in [-0.25, -0.2) is 0 Å². The molecule has 2 rings (SSSR count). The third kappa shape index (κ3) is 2.81. The van der Waals surface area contributed by atoms with E-state index in [1.807, 2.05) is 12.1 Å². The molecule has 1 aliphatic rings. The number of rotatable bonds is 4. The highest BCUT2D eigenvalue weighted by molar-refractivity contribution is 6.30. The lowest BCUT2D eigenvalue weighted by molar-refractivity contribution is -0.158. The van der Waals surface area contributed by atoms with Crippen molar-refractivity contribution in [2.75, 3.05) is 6.61 Å². The lowest BCUT2D eigenvalue weighted by Gasteiger charge is -2.25. The van der Waals surface area contributed by atoms with Crippen LogP contribution in [0.15, 0.2) is 24.3 Å². The summed E-state index contributed by atoms with van der Waals surface area (Å²) < 4.78 is 5.11. The lowest BCUT2D eigenvalue weighted by Crippen LogP contribution is -2.39. The molecule has 1 aromatic rings. The number of benzene rings is 1. The Hall–Kier alpha value is -1.35. The third-order valence-corrected chi connectivity index (χ3v) is 3.88. The van der Waals surface area contributed by atoms with E-state index in [1.54, 1.807) is 19.1 Å². The third-order valence-electron chi connectivity index (χ3n) is 3.63. The monoisotopic (exact) mass is 280 g/mol. The molecule has 0 heterocycles. The summed E-state index contributed by atoms with van der Waals surface area (Å²) in [6.07, 6.45) is 2.20. The summed E-state index contributed by atoms with van der Waals surface area (Å²) in [6, 6.07) is 7.26. The summed E-state index contributed by atoms with van der Waals surface area (Å²) in [5.41, 5.74) is -0.0446. The van der Waals surface area contributed by atoms with Crippen molar-refractivity contribution in [2.24, 2.45) is 5.41 Å². The molecule has 0 spiro atoms. The van der Waals surface area contributed by atoms with E-state index in [-0.39, 0.29) is 11.8 Å². The molecule has 0 aliphatic heterocycles. The predicted octanol–water partition coefficient (Wildman–Crippen LogP) is 3.19. The Labute approximate surface area is 117 Å². The molecule has 1 fully saturated rings. The first-order valence-corrected chi connectivity index (χ1v) is 6.91. The minimum atomic E-state index is -0.982. The Morgan fingerprint density at radius 2 is 2.05 bits per heavy atom. The Morgan fingerprint density at radius 1 is 1.37 bits per heavy atom. The molecule has 1 aromatic carbocycles. The second kappa shape index (κ2) is 5.74. The van der Waals surface area contributed by atoms with Crippen molar-refractivity contribution in [3.63, 3.8) is 0 Å². The molecule has 0 bridgehead atoms. The van der Waals surface area contributed by atoms with E-state index in [2.05, 4.69) is 0 Å². The minimum Gasteiger partial charge on any atom is -0.465 e. The zero-order valence-electron chi connectivity index (χ0n) is 10.9. The molecular formula is C15H17ClO3. The number of ether oxygens (including phenoxy) is 1. The summed E-state index contributed by atoms with van der Waals surface area (Å²) in [4.78, 5) is 24.3. The van der Waals surface area contributed by atoms with E-state index in [4.69, 9.17) is 16.3 Å². The normalized spacial score (nSPS) is 22.5. The van der Waals surface area contributed by atoms with Crippen molar-refractivity contribution in [3.05, 3.63) is 34.9 Å². The summed E-state index contributed by atoms with van der Waals surface area (Å²) in [7, 11) is 0. The first kappa shape index (κ1) is 14.1. The average molecular weight is 281 g/mol. The minimum absolute atomic E-state index is 0.000833. The Kier molecular flexibility index (Phi) is 4.25. The Balaban J connectivity index is 2.26. The largest absolute Gasteiger partial charge is 0.465 e. The van der Waals surface area contributed by atoms with Gasteiger partial charge in [0.05, 0.1) is 6.61 Å². The van der Waals surface area contributed by atoms with Gasteiger partial charge in [-0.15, -0.1) is 0 Å². The predicted molar refractivity (Wildman–Crippen MR) is 73.1 cm³/mol. The molecule has 19 heavy (non-hydrogen) atoms. The van der Waals surface area contributed by atoms with Crippen LogP contribution in [0.4, 0.5) is 0 Å². The van der Waals surface area contributed by atoms with Gasteiger partial charge in [0.25, 0.3) is 0 Å². The summed E-state index contributed by atoms with van der Waals surface area (Å²) in [6.45, 7) is 2.06. The van der Waals surface area contributed by atoms with E-state index in [9.17, 15) is 9.59 Å². The van der Waals surface area contributed by atoms with Crippen molar-refractivity contribution in [1.82, 2.24) is 0 Å². The van der Waals surface area contributed by atoms with Gasteiger partial charge in [-0.2, -0.15) is 0 Å². The number of Topliss-reactive ketones (excluding diaryl/α,β-unsaturated/α-hetero) is 1. The van der Waals surface area contributed by atoms with Crippen LogP contribution in [0, 0.1) is 5.41 Å². The summed E-state index contributed by atoms with van der Waals surface area (Å²) >= 11 is 5.85. The number of halogens is 1. The second-order valence-corrected chi connectivity index (χ2v) is 5.32. The zero-order valence-corrected chi connectivity index (χ0v) is 11.7. The molecule has 0 aromatic heterocycles. The zero-order chi connectivity index (χ0) is 13.9. The molecule has 4 heteroatoms. The fraction of sp³-hybridized carbons (Fsp3) is 0.467. The number of hydrogen-bond acceptors (Lipinski definition) is 3. The molecule has 1 atom stereocenters. The van der Waals surface area contributed by atoms with Crippen LogP contribution in [-0.4, -0.2) is 18.4 Å². The number of hydrogen-bond donors (Lipinski definition) is 0. The molecule has 1 aliphatic carbocycles. The van der Waals surface area contributed by atoms with Crippen molar-refractivity contribution >= 4 is 23.4 Å². The highest BCUT2D eigenvalue weighted by atomic mass is 35.5. The molecule has 0 N–H and O–H groups in total. The van der Waals surface area contributed by atoms with Gasteiger partial charge >= 0.3 is 5.97 Å². The molecule has 0 amide bonds. The fourth-order valence-corrected chi connectivity index (χ4v) is 2.75. The van der Waals surface area contributed by atoms with Crippen LogP contribution >= 0.6 is 11.6 Å². The molecule has 102 valence electrons. The van der Waals surface area contributed by atoms with Crippen LogP contribution in [0.2, 0.25) is 5.02 Å². The maximum Gasteiger partial charge on any atom is 0.319 e. The first-order chi connectivity index (χ1) is 9.08. The molecule has 0 radical (unpaired) electrons. The van der Waals surface area contributed by atoms with Crippen LogP contribution in [0.3, 0.4) is 0 Å². The van der Waals surface area contributed by atoms with Gasteiger partial charge in [-0.3, -0.25) is 9.59 Å². The molecule has 1 saturated carbocycles. The first-order valence-electron chi connectivity index (χ1n) is 6.53. The van der Waals surface area contributed by atoms with Crippen molar-refractivity contribution in [3.8, 4) is 0 Å². The molecule has 3 nitrogen and oxygen atoms in total. The number of esters is 1. The van der Waals surface area contributed by atoms with E-state index in [1.165, 1.54) is 0 Å². The number of ketones is 1. The van der Waals surface area contributed by atoms with Gasteiger partial charge in [0.2, 0.25) is 0 Å². The van der Waals surface area contributed by atoms with Gasteiger partial charge in [0.15, 0.2) is 5.78 Å². The van der Waals surface area contributed by atoms with Crippen LogP contribution in [0.1, 0.15) is 31.7 Å². The van der Waals surface area contributed by atoms with Crippen LogP contribution in [-0.2, 0) is 20.7 Å². The van der Waals surface area contributed by atoms with E-state index < -0.39 is 5.41 Å².